The molecule has 1 aliphatic carbocycles. The molecule has 19 heavy (non-hydrogen) atoms. The van der Waals surface area contributed by atoms with E-state index in [1.165, 1.54) is 45.2 Å². The minimum atomic E-state index is 0.248. The Balaban J connectivity index is 2.10. The lowest BCUT2D eigenvalue weighted by Gasteiger charge is -2.54. The summed E-state index contributed by atoms with van der Waals surface area (Å²) in [6.07, 6.45) is 6.61. The van der Waals surface area contributed by atoms with Gasteiger partial charge in [-0.25, -0.2) is 0 Å². The molecule has 112 valence electrons. The van der Waals surface area contributed by atoms with Crippen molar-refractivity contribution in [2.75, 3.05) is 33.7 Å². The van der Waals surface area contributed by atoms with Gasteiger partial charge in [0.05, 0.1) is 0 Å². The summed E-state index contributed by atoms with van der Waals surface area (Å²) in [7, 11) is 4.58. The van der Waals surface area contributed by atoms with Gasteiger partial charge in [0.15, 0.2) is 0 Å². The van der Waals surface area contributed by atoms with Crippen LogP contribution in [0.5, 0.6) is 0 Å². The van der Waals surface area contributed by atoms with E-state index in [0.29, 0.717) is 0 Å². The zero-order chi connectivity index (χ0) is 14.0. The van der Waals surface area contributed by atoms with Gasteiger partial charge >= 0.3 is 0 Å². The Morgan fingerprint density at radius 1 is 1.16 bits per heavy atom. The highest BCUT2D eigenvalue weighted by atomic mass is 15.2. The van der Waals surface area contributed by atoms with E-state index in [4.69, 9.17) is 5.73 Å². The lowest BCUT2D eigenvalue weighted by Crippen LogP contribution is -2.63. The van der Waals surface area contributed by atoms with Crippen molar-refractivity contribution in [1.29, 1.82) is 0 Å². The van der Waals surface area contributed by atoms with E-state index in [2.05, 4.69) is 37.7 Å². The molecule has 1 saturated heterocycles. The first-order valence-electron chi connectivity index (χ1n) is 8.11. The van der Waals surface area contributed by atoms with E-state index >= 15 is 0 Å². The number of likely N-dealkylation sites (N-methyl/N-ethyl adjacent to an activating group) is 1. The van der Waals surface area contributed by atoms with Crippen molar-refractivity contribution in [2.24, 2.45) is 17.6 Å². The van der Waals surface area contributed by atoms with E-state index in [9.17, 15) is 0 Å². The smallest absolute Gasteiger partial charge is 0.0359 e. The molecule has 2 N–H and O–H groups in total. The van der Waals surface area contributed by atoms with Crippen molar-refractivity contribution in [3.05, 3.63) is 0 Å². The van der Waals surface area contributed by atoms with Crippen LogP contribution in [0.4, 0.5) is 0 Å². The molecular weight excluding hydrogens is 234 g/mol. The number of nitrogens with zero attached hydrogens (tertiary/aromatic N) is 2. The first-order chi connectivity index (χ1) is 8.99. The van der Waals surface area contributed by atoms with Crippen LogP contribution in [0.25, 0.3) is 0 Å². The van der Waals surface area contributed by atoms with Gasteiger partial charge in [-0.2, -0.15) is 0 Å². The number of rotatable bonds is 3. The molecule has 0 aromatic heterocycles. The molecular formula is C16H33N3. The molecule has 0 aromatic carbocycles. The highest BCUT2D eigenvalue weighted by molar-refractivity contribution is 5.01. The predicted molar refractivity (Wildman–Crippen MR) is 82.2 cm³/mol. The zero-order valence-corrected chi connectivity index (χ0v) is 13.4. The third-order valence-electron chi connectivity index (χ3n) is 6.00. The summed E-state index contributed by atoms with van der Waals surface area (Å²) in [4.78, 5) is 5.13. The highest BCUT2D eigenvalue weighted by Crippen LogP contribution is 2.41. The molecule has 0 spiro atoms. The zero-order valence-electron chi connectivity index (χ0n) is 13.4. The van der Waals surface area contributed by atoms with Gasteiger partial charge in [0.1, 0.15) is 0 Å². The molecule has 3 atom stereocenters. The second-order valence-corrected chi connectivity index (χ2v) is 7.24. The molecule has 2 rings (SSSR count). The monoisotopic (exact) mass is 267 g/mol. The summed E-state index contributed by atoms with van der Waals surface area (Å²) in [6.45, 7) is 8.11. The molecule has 3 heteroatoms. The molecule has 1 saturated carbocycles. The Bertz CT molecular complexity index is 286. The number of nitrogens with two attached hydrogens (primary N) is 1. The maximum atomic E-state index is 6.27. The third kappa shape index (κ3) is 2.98. The van der Waals surface area contributed by atoms with Gasteiger partial charge < -0.3 is 10.6 Å². The largest absolute Gasteiger partial charge is 0.329 e. The van der Waals surface area contributed by atoms with Crippen LogP contribution in [-0.4, -0.2) is 55.1 Å². The summed E-state index contributed by atoms with van der Waals surface area (Å²) in [5.74, 6) is 1.56. The van der Waals surface area contributed by atoms with Gasteiger partial charge in [0.2, 0.25) is 0 Å². The minimum Gasteiger partial charge on any atom is -0.329 e. The number of hydrogen-bond donors (Lipinski definition) is 1. The van der Waals surface area contributed by atoms with Gasteiger partial charge in [0.25, 0.3) is 0 Å². The van der Waals surface area contributed by atoms with Gasteiger partial charge in [-0.05, 0) is 64.7 Å². The van der Waals surface area contributed by atoms with Gasteiger partial charge in [0, 0.05) is 18.1 Å². The summed E-state index contributed by atoms with van der Waals surface area (Å²) in [6, 6.07) is 0.729. The number of hydrogen-bond acceptors (Lipinski definition) is 3. The lowest BCUT2D eigenvalue weighted by molar-refractivity contribution is -0.0283. The summed E-state index contributed by atoms with van der Waals surface area (Å²) >= 11 is 0. The fourth-order valence-corrected chi connectivity index (χ4v) is 4.38. The Hall–Kier alpha value is -0.120. The Morgan fingerprint density at radius 2 is 1.79 bits per heavy atom. The van der Waals surface area contributed by atoms with E-state index in [-0.39, 0.29) is 5.54 Å². The average molecular weight is 267 g/mol. The molecule has 0 amide bonds. The average Bonchev–Trinajstić information content (AvgIpc) is 2.41. The Labute approximate surface area is 119 Å². The summed E-state index contributed by atoms with van der Waals surface area (Å²) < 4.78 is 0. The molecule has 0 radical (unpaired) electrons. The number of likely N-dealkylation sites (tertiary alicyclic amines) is 1. The van der Waals surface area contributed by atoms with Gasteiger partial charge in [-0.15, -0.1) is 0 Å². The number of piperidine rings is 1. The minimum absolute atomic E-state index is 0.248. The van der Waals surface area contributed by atoms with Crippen LogP contribution in [0, 0.1) is 11.8 Å². The molecule has 1 heterocycles. The fourth-order valence-electron chi connectivity index (χ4n) is 4.38. The molecule has 3 nitrogen and oxygen atoms in total. The molecule has 0 bridgehead atoms. The van der Waals surface area contributed by atoms with Crippen molar-refractivity contribution >= 4 is 0 Å². The highest BCUT2D eigenvalue weighted by Gasteiger charge is 2.45. The van der Waals surface area contributed by atoms with Crippen LogP contribution in [0.2, 0.25) is 0 Å². The van der Waals surface area contributed by atoms with Crippen LogP contribution in [0.15, 0.2) is 0 Å². The van der Waals surface area contributed by atoms with E-state index in [1.807, 2.05) is 0 Å². The van der Waals surface area contributed by atoms with Crippen molar-refractivity contribution in [1.82, 2.24) is 9.80 Å². The van der Waals surface area contributed by atoms with Gasteiger partial charge in [-0.3, -0.25) is 4.90 Å². The third-order valence-corrected chi connectivity index (χ3v) is 6.00. The first kappa shape index (κ1) is 15.3. The summed E-state index contributed by atoms with van der Waals surface area (Å²) in [5, 5.41) is 0. The summed E-state index contributed by atoms with van der Waals surface area (Å²) in [5.41, 5.74) is 6.52. The predicted octanol–water partition coefficient (Wildman–Crippen LogP) is 2.17. The van der Waals surface area contributed by atoms with E-state index in [1.54, 1.807) is 0 Å². The van der Waals surface area contributed by atoms with Crippen molar-refractivity contribution in [3.8, 4) is 0 Å². The van der Waals surface area contributed by atoms with Crippen LogP contribution in [-0.2, 0) is 0 Å². The normalized spacial score (nSPS) is 38.8. The second kappa shape index (κ2) is 6.11. The maximum absolute atomic E-state index is 6.27. The SMILES string of the molecule is CC1CCC(C)C(CN)(N(C)C2CCN(C)CC2)C1. The lowest BCUT2D eigenvalue weighted by atomic mass is 9.68. The molecule has 2 aliphatic rings. The van der Waals surface area contributed by atoms with Crippen molar-refractivity contribution < 1.29 is 0 Å². The van der Waals surface area contributed by atoms with Crippen LogP contribution in [0.1, 0.15) is 46.0 Å². The molecule has 0 aromatic rings. The van der Waals surface area contributed by atoms with Crippen LogP contribution in [0.3, 0.4) is 0 Å². The van der Waals surface area contributed by atoms with E-state index in [0.717, 1.165) is 24.4 Å². The molecule has 1 aliphatic heterocycles. The quantitative estimate of drug-likeness (QED) is 0.850. The van der Waals surface area contributed by atoms with Crippen molar-refractivity contribution in [2.45, 2.75) is 57.5 Å². The maximum Gasteiger partial charge on any atom is 0.0359 e. The van der Waals surface area contributed by atoms with Crippen molar-refractivity contribution in [3.63, 3.8) is 0 Å². The fraction of sp³-hybridized carbons (Fsp3) is 1.00. The standard InChI is InChI=1S/C16H33N3/c1-13-5-6-14(2)16(11-13,12-17)19(4)15-7-9-18(3)10-8-15/h13-15H,5-12,17H2,1-4H3. The van der Waals surface area contributed by atoms with Gasteiger partial charge in [-0.1, -0.05) is 20.3 Å². The van der Waals surface area contributed by atoms with E-state index < -0.39 is 0 Å². The molecule has 2 fully saturated rings. The topological polar surface area (TPSA) is 32.5 Å². The van der Waals surface area contributed by atoms with Crippen LogP contribution < -0.4 is 5.73 Å². The Kier molecular flexibility index (Phi) is 4.91. The Morgan fingerprint density at radius 3 is 2.37 bits per heavy atom. The first-order valence-corrected chi connectivity index (χ1v) is 8.11. The second-order valence-electron chi connectivity index (χ2n) is 7.24. The van der Waals surface area contributed by atoms with Crippen LogP contribution >= 0.6 is 0 Å². The molecule has 3 unspecified atom stereocenters.